The Morgan fingerprint density at radius 2 is 1.69 bits per heavy atom. The van der Waals surface area contributed by atoms with E-state index in [9.17, 15) is 0 Å². The maximum atomic E-state index is 8.55. The maximum Gasteiger partial charge on any atom is 0.0431 e. The number of aromatic nitrogens is 1. The molecule has 0 aliphatic rings. The van der Waals surface area contributed by atoms with Crippen molar-refractivity contribution in [1.29, 1.82) is 0 Å². The molecule has 0 atom stereocenters. The van der Waals surface area contributed by atoms with Crippen LogP contribution in [0.25, 0.3) is 0 Å². The lowest BCUT2D eigenvalue weighted by molar-refractivity contribution is 0.283. The highest BCUT2D eigenvalue weighted by atomic mass is 16.2. The molecule has 74 valence electrons. The third kappa shape index (κ3) is 4.58. The van der Waals surface area contributed by atoms with Crippen molar-refractivity contribution >= 4 is 0 Å². The fourth-order valence-corrected chi connectivity index (χ4v) is 1.24. The molecular formula is C10H18N2O. The molecule has 0 bridgehead atoms. The van der Waals surface area contributed by atoms with Gasteiger partial charge >= 0.3 is 0 Å². The highest BCUT2D eigenvalue weighted by molar-refractivity contribution is 4.92. The van der Waals surface area contributed by atoms with E-state index in [1.165, 1.54) is 6.42 Å². The minimum atomic E-state index is 0.324. The van der Waals surface area contributed by atoms with Gasteiger partial charge in [0, 0.05) is 25.5 Å². The molecule has 1 aromatic heterocycles. The number of aliphatic hydroxyl groups excluding tert-OH is 1. The average molecular weight is 182 g/mol. The lowest BCUT2D eigenvalue weighted by Gasteiger charge is -2.06. The van der Waals surface area contributed by atoms with Gasteiger partial charge in [-0.15, -0.1) is 0 Å². The molecule has 1 aromatic rings. The van der Waals surface area contributed by atoms with Crippen LogP contribution in [-0.2, 0) is 0 Å². The molecule has 3 heteroatoms. The van der Waals surface area contributed by atoms with Gasteiger partial charge in [0.1, 0.15) is 0 Å². The molecule has 13 heavy (non-hydrogen) atoms. The van der Waals surface area contributed by atoms with Crippen molar-refractivity contribution in [1.82, 2.24) is 4.68 Å². The van der Waals surface area contributed by atoms with Crippen LogP contribution in [-0.4, -0.2) is 22.9 Å². The van der Waals surface area contributed by atoms with Crippen LogP contribution in [0.15, 0.2) is 24.5 Å². The second kappa shape index (κ2) is 6.54. The fraction of sp³-hybridized carbons (Fsp3) is 0.600. The normalized spacial score (nSPS) is 10.2. The van der Waals surface area contributed by atoms with E-state index in [4.69, 9.17) is 5.11 Å². The van der Waals surface area contributed by atoms with E-state index in [-0.39, 0.29) is 0 Å². The van der Waals surface area contributed by atoms with Gasteiger partial charge in [-0.05, 0) is 25.0 Å². The van der Waals surface area contributed by atoms with Gasteiger partial charge < -0.3 is 10.5 Å². The van der Waals surface area contributed by atoms with Crippen molar-refractivity contribution < 1.29 is 5.11 Å². The molecule has 0 unspecified atom stereocenters. The van der Waals surface area contributed by atoms with Crippen LogP contribution in [0.1, 0.15) is 25.7 Å². The van der Waals surface area contributed by atoms with Gasteiger partial charge in [0.15, 0.2) is 0 Å². The number of nitrogens with zero attached hydrogens (tertiary/aromatic N) is 1. The quantitative estimate of drug-likeness (QED) is 0.628. The number of hydrogen-bond donors (Lipinski definition) is 2. The summed E-state index contributed by atoms with van der Waals surface area (Å²) in [5.74, 6) is 0. The third-order valence-electron chi connectivity index (χ3n) is 1.98. The number of aliphatic hydroxyl groups is 1. The Bertz CT molecular complexity index is 197. The molecule has 0 saturated heterocycles. The van der Waals surface area contributed by atoms with Crippen LogP contribution in [0.2, 0.25) is 0 Å². The molecule has 0 spiro atoms. The van der Waals surface area contributed by atoms with Crippen molar-refractivity contribution in [3.8, 4) is 0 Å². The first-order valence-corrected chi connectivity index (χ1v) is 4.91. The molecule has 0 aliphatic heterocycles. The summed E-state index contributed by atoms with van der Waals surface area (Å²) in [5.41, 5.74) is 3.26. The molecule has 1 heterocycles. The first-order chi connectivity index (χ1) is 6.43. The standard InChI is InChI=1S/C10H18N2O/c13-10-6-2-1-3-7-11-12-8-4-5-9-12/h4-5,8-9,11,13H,1-3,6-7,10H2. The largest absolute Gasteiger partial charge is 0.396 e. The molecule has 3 nitrogen and oxygen atoms in total. The van der Waals surface area contributed by atoms with Crippen molar-refractivity contribution in [3.63, 3.8) is 0 Å². The zero-order chi connectivity index (χ0) is 9.36. The third-order valence-corrected chi connectivity index (χ3v) is 1.98. The van der Waals surface area contributed by atoms with Gasteiger partial charge in [-0.25, -0.2) is 0 Å². The Balaban J connectivity index is 1.90. The van der Waals surface area contributed by atoms with Crippen molar-refractivity contribution in [3.05, 3.63) is 24.5 Å². The minimum Gasteiger partial charge on any atom is -0.396 e. The van der Waals surface area contributed by atoms with E-state index >= 15 is 0 Å². The monoisotopic (exact) mass is 182 g/mol. The number of unbranched alkanes of at least 4 members (excludes halogenated alkanes) is 3. The van der Waals surface area contributed by atoms with E-state index in [0.717, 1.165) is 25.8 Å². The van der Waals surface area contributed by atoms with E-state index in [2.05, 4.69) is 5.43 Å². The Morgan fingerprint density at radius 1 is 1.00 bits per heavy atom. The maximum absolute atomic E-state index is 8.55. The molecule has 0 aliphatic carbocycles. The topological polar surface area (TPSA) is 37.2 Å². The molecule has 0 radical (unpaired) electrons. The summed E-state index contributed by atoms with van der Waals surface area (Å²) in [4.78, 5) is 0. The van der Waals surface area contributed by atoms with E-state index < -0.39 is 0 Å². The lowest BCUT2D eigenvalue weighted by Crippen LogP contribution is -2.13. The van der Waals surface area contributed by atoms with Crippen LogP contribution < -0.4 is 5.43 Å². The summed E-state index contributed by atoms with van der Waals surface area (Å²) in [6.07, 6.45) is 8.40. The Hall–Kier alpha value is -0.960. The average Bonchev–Trinajstić information content (AvgIpc) is 2.63. The lowest BCUT2D eigenvalue weighted by atomic mass is 10.2. The SMILES string of the molecule is OCCCCCCNn1cccc1. The van der Waals surface area contributed by atoms with Gasteiger partial charge in [-0.1, -0.05) is 12.8 Å². The van der Waals surface area contributed by atoms with Gasteiger partial charge in [-0.2, -0.15) is 0 Å². The number of rotatable bonds is 7. The number of nitrogens with one attached hydrogen (secondary N) is 1. The summed E-state index contributed by atoms with van der Waals surface area (Å²) >= 11 is 0. The van der Waals surface area contributed by atoms with Crippen LogP contribution >= 0.6 is 0 Å². The number of hydrogen-bond acceptors (Lipinski definition) is 2. The highest BCUT2D eigenvalue weighted by Crippen LogP contribution is 1.98. The molecule has 0 fully saturated rings. The van der Waals surface area contributed by atoms with Gasteiger partial charge in [-0.3, -0.25) is 4.68 Å². The van der Waals surface area contributed by atoms with Crippen molar-refractivity contribution in [2.75, 3.05) is 18.6 Å². The minimum absolute atomic E-state index is 0.324. The summed E-state index contributed by atoms with van der Waals surface area (Å²) in [5, 5.41) is 8.55. The van der Waals surface area contributed by atoms with Gasteiger partial charge in [0.05, 0.1) is 0 Å². The molecule has 0 saturated carbocycles. The van der Waals surface area contributed by atoms with Crippen molar-refractivity contribution in [2.24, 2.45) is 0 Å². The Morgan fingerprint density at radius 3 is 2.38 bits per heavy atom. The van der Waals surface area contributed by atoms with Crippen molar-refractivity contribution in [2.45, 2.75) is 25.7 Å². The first-order valence-electron chi connectivity index (χ1n) is 4.91. The molecular weight excluding hydrogens is 164 g/mol. The van der Waals surface area contributed by atoms with Gasteiger partial charge in [0.2, 0.25) is 0 Å². The predicted molar refractivity (Wildman–Crippen MR) is 54.2 cm³/mol. The first kappa shape index (κ1) is 10.1. The van der Waals surface area contributed by atoms with Crippen LogP contribution in [0.3, 0.4) is 0 Å². The van der Waals surface area contributed by atoms with E-state index in [0.29, 0.717) is 6.61 Å². The molecule has 2 N–H and O–H groups in total. The molecule has 0 amide bonds. The van der Waals surface area contributed by atoms with E-state index in [1.807, 2.05) is 29.2 Å². The smallest absolute Gasteiger partial charge is 0.0431 e. The van der Waals surface area contributed by atoms with Crippen LogP contribution in [0.5, 0.6) is 0 Å². The van der Waals surface area contributed by atoms with Crippen LogP contribution in [0.4, 0.5) is 0 Å². The summed E-state index contributed by atoms with van der Waals surface area (Å²) < 4.78 is 1.96. The van der Waals surface area contributed by atoms with E-state index in [1.54, 1.807) is 0 Å². The highest BCUT2D eigenvalue weighted by Gasteiger charge is 1.89. The fourth-order valence-electron chi connectivity index (χ4n) is 1.24. The summed E-state index contributed by atoms with van der Waals surface area (Å²) in [6.45, 7) is 1.32. The Labute approximate surface area is 79.4 Å². The predicted octanol–water partition coefficient (Wildman–Crippen LogP) is 1.58. The second-order valence-electron chi connectivity index (χ2n) is 3.14. The van der Waals surface area contributed by atoms with Gasteiger partial charge in [0.25, 0.3) is 0 Å². The summed E-state index contributed by atoms with van der Waals surface area (Å²) in [7, 11) is 0. The zero-order valence-electron chi connectivity index (χ0n) is 7.95. The van der Waals surface area contributed by atoms with Crippen LogP contribution in [0, 0.1) is 0 Å². The second-order valence-corrected chi connectivity index (χ2v) is 3.14. The zero-order valence-corrected chi connectivity index (χ0v) is 7.95. The summed E-state index contributed by atoms with van der Waals surface area (Å²) in [6, 6.07) is 4.00. The molecule has 0 aromatic carbocycles. The molecule has 1 rings (SSSR count). The Kier molecular flexibility index (Phi) is 5.10.